The van der Waals surface area contributed by atoms with Crippen LogP contribution in [0.3, 0.4) is 0 Å². The van der Waals surface area contributed by atoms with Gasteiger partial charge in [0.15, 0.2) is 0 Å². The van der Waals surface area contributed by atoms with E-state index in [1.807, 2.05) is 33.0 Å². The highest BCUT2D eigenvalue weighted by Crippen LogP contribution is 1.58. The lowest BCUT2D eigenvalue weighted by molar-refractivity contribution is 0.917. The van der Waals surface area contributed by atoms with Crippen molar-refractivity contribution in [2.75, 3.05) is 6.54 Å². The fraction of sp³-hybridized carbons (Fsp3) is 0.714. The van der Waals surface area contributed by atoms with Gasteiger partial charge in [0, 0.05) is 6.54 Å². The molecule has 0 aliphatic heterocycles. The van der Waals surface area contributed by atoms with Gasteiger partial charge in [0.05, 0.1) is 0 Å². The molecule has 1 nitrogen and oxygen atoms in total. The van der Waals surface area contributed by atoms with Crippen molar-refractivity contribution in [3.8, 4) is 0 Å². The summed E-state index contributed by atoms with van der Waals surface area (Å²) in [6.45, 7) is 9.08. The maximum absolute atomic E-state index is 3.02. The molecule has 0 heterocycles. The van der Waals surface area contributed by atoms with Crippen molar-refractivity contribution in [2.24, 2.45) is 0 Å². The van der Waals surface area contributed by atoms with Gasteiger partial charge >= 0.3 is 0 Å². The molecule has 0 saturated carbocycles. The standard InChI is InChI=1S/C5H11N.C2H6/c1-3-5-6-4-2;1-2/h3,5-6H,4H2,1-2H3;1-2H3/b5-3-;. The largest absolute Gasteiger partial charge is 0.391 e. The third kappa shape index (κ3) is 17.7. The van der Waals surface area contributed by atoms with Crippen LogP contribution in [-0.4, -0.2) is 6.54 Å². The first-order valence-corrected chi connectivity index (χ1v) is 3.26. The summed E-state index contributed by atoms with van der Waals surface area (Å²) in [6, 6.07) is 0. The number of hydrogen-bond donors (Lipinski definition) is 1. The Morgan fingerprint density at radius 2 is 1.88 bits per heavy atom. The average Bonchev–Trinajstić information content (AvgIpc) is 1.88. The van der Waals surface area contributed by atoms with E-state index in [0.29, 0.717) is 0 Å². The second-order valence-electron chi connectivity index (χ2n) is 1.06. The van der Waals surface area contributed by atoms with Gasteiger partial charge in [0.25, 0.3) is 0 Å². The number of nitrogens with one attached hydrogen (secondary N) is 1. The van der Waals surface area contributed by atoms with Crippen molar-refractivity contribution in [1.29, 1.82) is 0 Å². The zero-order valence-corrected chi connectivity index (χ0v) is 6.36. The maximum atomic E-state index is 3.02. The van der Waals surface area contributed by atoms with Gasteiger partial charge in [-0.15, -0.1) is 0 Å². The summed E-state index contributed by atoms with van der Waals surface area (Å²) >= 11 is 0. The van der Waals surface area contributed by atoms with E-state index in [-0.39, 0.29) is 0 Å². The first-order valence-electron chi connectivity index (χ1n) is 3.26. The van der Waals surface area contributed by atoms with Crippen LogP contribution in [0.4, 0.5) is 0 Å². The quantitative estimate of drug-likeness (QED) is 0.581. The Balaban J connectivity index is 0. The van der Waals surface area contributed by atoms with Crippen LogP contribution in [0.1, 0.15) is 27.7 Å². The van der Waals surface area contributed by atoms with Gasteiger partial charge in [-0.25, -0.2) is 0 Å². The van der Waals surface area contributed by atoms with Crippen molar-refractivity contribution >= 4 is 0 Å². The van der Waals surface area contributed by atoms with Crippen molar-refractivity contribution in [1.82, 2.24) is 5.32 Å². The first-order chi connectivity index (χ1) is 3.91. The van der Waals surface area contributed by atoms with Crippen LogP contribution in [0.25, 0.3) is 0 Å². The maximum Gasteiger partial charge on any atom is 0.0112 e. The van der Waals surface area contributed by atoms with Crippen LogP contribution in [0.2, 0.25) is 0 Å². The minimum atomic E-state index is 1.02. The molecule has 0 rings (SSSR count). The number of allylic oxidation sites excluding steroid dienone is 1. The fourth-order valence-electron chi connectivity index (χ4n) is 0.236. The monoisotopic (exact) mass is 115 g/mol. The second-order valence-corrected chi connectivity index (χ2v) is 1.06. The minimum absolute atomic E-state index is 1.02. The second kappa shape index (κ2) is 16.0. The van der Waals surface area contributed by atoms with E-state index in [4.69, 9.17) is 0 Å². The third-order valence-corrected chi connectivity index (χ3v) is 0.489. The Hall–Kier alpha value is -0.460. The van der Waals surface area contributed by atoms with Gasteiger partial charge in [-0.3, -0.25) is 0 Å². The molecule has 0 amide bonds. The Kier molecular flexibility index (Phi) is 21.0. The lowest BCUT2D eigenvalue weighted by atomic mass is 10.6. The van der Waals surface area contributed by atoms with Crippen molar-refractivity contribution in [3.05, 3.63) is 12.3 Å². The summed E-state index contributed by atoms with van der Waals surface area (Å²) < 4.78 is 0. The molecule has 0 aromatic heterocycles. The summed E-state index contributed by atoms with van der Waals surface area (Å²) in [7, 11) is 0. The SMILES string of the molecule is C/C=C\NCC.CC. The van der Waals surface area contributed by atoms with Gasteiger partial charge < -0.3 is 5.32 Å². The van der Waals surface area contributed by atoms with E-state index in [9.17, 15) is 0 Å². The number of hydrogen-bond acceptors (Lipinski definition) is 1. The first kappa shape index (κ1) is 10.5. The zero-order valence-electron chi connectivity index (χ0n) is 6.36. The zero-order chi connectivity index (χ0) is 6.83. The van der Waals surface area contributed by atoms with Gasteiger partial charge in [-0.2, -0.15) is 0 Å². The van der Waals surface area contributed by atoms with E-state index < -0.39 is 0 Å². The molecule has 1 N–H and O–H groups in total. The predicted molar refractivity (Wildman–Crippen MR) is 39.8 cm³/mol. The predicted octanol–water partition coefficient (Wildman–Crippen LogP) is 2.16. The van der Waals surface area contributed by atoms with Crippen molar-refractivity contribution in [2.45, 2.75) is 27.7 Å². The molecule has 0 aliphatic rings. The van der Waals surface area contributed by atoms with E-state index >= 15 is 0 Å². The fourth-order valence-corrected chi connectivity index (χ4v) is 0.236. The van der Waals surface area contributed by atoms with Crippen LogP contribution >= 0.6 is 0 Å². The van der Waals surface area contributed by atoms with E-state index in [1.54, 1.807) is 0 Å². The van der Waals surface area contributed by atoms with Gasteiger partial charge in [0.2, 0.25) is 0 Å². The molecule has 0 fully saturated rings. The van der Waals surface area contributed by atoms with E-state index in [2.05, 4.69) is 12.2 Å². The summed E-state index contributed by atoms with van der Waals surface area (Å²) in [4.78, 5) is 0. The minimum Gasteiger partial charge on any atom is -0.391 e. The summed E-state index contributed by atoms with van der Waals surface area (Å²) in [5.41, 5.74) is 0. The highest BCUT2D eigenvalue weighted by Gasteiger charge is 1.58. The molecule has 0 bridgehead atoms. The van der Waals surface area contributed by atoms with Crippen LogP contribution in [-0.2, 0) is 0 Å². The Bertz CT molecular complexity index is 39.7. The summed E-state index contributed by atoms with van der Waals surface area (Å²) in [6.07, 6.45) is 3.91. The molecule has 0 aliphatic carbocycles. The summed E-state index contributed by atoms with van der Waals surface area (Å²) in [5.74, 6) is 0. The van der Waals surface area contributed by atoms with E-state index in [1.165, 1.54) is 0 Å². The molecule has 0 saturated heterocycles. The third-order valence-electron chi connectivity index (χ3n) is 0.489. The molecule has 50 valence electrons. The molecule has 8 heavy (non-hydrogen) atoms. The lowest BCUT2D eigenvalue weighted by Gasteiger charge is -1.85. The van der Waals surface area contributed by atoms with Crippen LogP contribution in [0.5, 0.6) is 0 Å². The topological polar surface area (TPSA) is 12.0 Å². The molecule has 1 heteroatoms. The molecular formula is C7H17N. The Morgan fingerprint density at radius 1 is 1.38 bits per heavy atom. The Morgan fingerprint density at radius 3 is 2.00 bits per heavy atom. The molecule has 0 radical (unpaired) electrons. The molecule has 0 atom stereocenters. The Labute approximate surface area is 52.8 Å². The molecule has 0 aromatic rings. The number of rotatable bonds is 2. The van der Waals surface area contributed by atoms with Crippen molar-refractivity contribution in [3.63, 3.8) is 0 Å². The van der Waals surface area contributed by atoms with Crippen LogP contribution < -0.4 is 5.32 Å². The molecular weight excluding hydrogens is 98.1 g/mol. The smallest absolute Gasteiger partial charge is 0.0112 e. The van der Waals surface area contributed by atoms with Gasteiger partial charge in [0.1, 0.15) is 0 Å². The molecule has 0 unspecified atom stereocenters. The molecule has 0 spiro atoms. The highest BCUT2D eigenvalue weighted by atomic mass is 14.8. The average molecular weight is 115 g/mol. The normalized spacial score (nSPS) is 8.00. The van der Waals surface area contributed by atoms with Gasteiger partial charge in [-0.05, 0) is 20.0 Å². The summed E-state index contributed by atoms with van der Waals surface area (Å²) in [5, 5.41) is 3.02. The lowest BCUT2D eigenvalue weighted by Crippen LogP contribution is -2.00. The molecule has 0 aromatic carbocycles. The van der Waals surface area contributed by atoms with Crippen LogP contribution in [0, 0.1) is 0 Å². The van der Waals surface area contributed by atoms with Crippen molar-refractivity contribution < 1.29 is 0 Å². The van der Waals surface area contributed by atoms with Crippen LogP contribution in [0.15, 0.2) is 12.3 Å². The van der Waals surface area contributed by atoms with E-state index in [0.717, 1.165) is 6.54 Å². The highest BCUT2D eigenvalue weighted by molar-refractivity contribution is 4.72. The van der Waals surface area contributed by atoms with Gasteiger partial charge in [-0.1, -0.05) is 19.9 Å².